The first-order valence-electron chi connectivity index (χ1n) is 12.4. The van der Waals surface area contributed by atoms with Crippen molar-refractivity contribution in [3.8, 4) is 28.0 Å². The van der Waals surface area contributed by atoms with E-state index < -0.39 is 18.4 Å². The van der Waals surface area contributed by atoms with Gasteiger partial charge < -0.3 is 20.5 Å². The SMILES string of the molecule is Cn1cc(-c2cccc(OC(F)(F)F)c2-c2ccc(NC(=O)NCc3ccc(CCCC(=O)O)cc3)cc2)cn1. The lowest BCUT2D eigenvalue weighted by Crippen LogP contribution is -2.28. The lowest BCUT2D eigenvalue weighted by atomic mass is 9.95. The summed E-state index contributed by atoms with van der Waals surface area (Å²) in [6.45, 7) is 0.274. The molecular weight excluding hydrogens is 525 g/mol. The average Bonchev–Trinajstić information content (AvgIpc) is 3.34. The predicted octanol–water partition coefficient (Wildman–Crippen LogP) is 6.38. The zero-order valence-electron chi connectivity index (χ0n) is 21.5. The molecule has 0 fully saturated rings. The number of urea groups is 1. The van der Waals surface area contributed by atoms with Crippen LogP contribution in [0.4, 0.5) is 23.7 Å². The van der Waals surface area contributed by atoms with Crippen LogP contribution >= 0.6 is 0 Å². The van der Waals surface area contributed by atoms with Crippen LogP contribution in [0.3, 0.4) is 0 Å². The Hall–Kier alpha value is -4.80. The van der Waals surface area contributed by atoms with E-state index in [1.54, 1.807) is 54.5 Å². The van der Waals surface area contributed by atoms with E-state index in [1.165, 1.54) is 12.1 Å². The number of amides is 2. The van der Waals surface area contributed by atoms with E-state index in [1.807, 2.05) is 24.3 Å². The Morgan fingerprint density at radius 2 is 1.68 bits per heavy atom. The molecule has 208 valence electrons. The largest absolute Gasteiger partial charge is 0.573 e. The molecule has 1 aromatic heterocycles. The molecule has 1 heterocycles. The zero-order chi connectivity index (χ0) is 28.7. The smallest absolute Gasteiger partial charge is 0.481 e. The van der Waals surface area contributed by atoms with E-state index in [4.69, 9.17) is 5.11 Å². The minimum atomic E-state index is -4.87. The van der Waals surface area contributed by atoms with Gasteiger partial charge >= 0.3 is 18.4 Å². The Kier molecular flexibility index (Phi) is 8.73. The van der Waals surface area contributed by atoms with E-state index in [-0.39, 0.29) is 24.3 Å². The van der Waals surface area contributed by atoms with E-state index >= 15 is 0 Å². The monoisotopic (exact) mass is 552 g/mol. The fourth-order valence-corrected chi connectivity index (χ4v) is 4.18. The van der Waals surface area contributed by atoms with Gasteiger partial charge in [0.15, 0.2) is 0 Å². The summed E-state index contributed by atoms with van der Waals surface area (Å²) in [4.78, 5) is 23.1. The van der Waals surface area contributed by atoms with Crippen LogP contribution in [0, 0.1) is 0 Å². The standard InChI is InChI=1S/C29H27F3N4O4/c1-36-18-22(17-34-36)24-5-3-6-25(40-29(30,31)32)27(24)21-12-14-23(15-13-21)35-28(39)33-16-20-10-8-19(9-11-20)4-2-7-26(37)38/h3,5-6,8-15,17-18H,2,4,7,16H2,1H3,(H,37,38)(H2,33,35,39). The minimum absolute atomic E-state index is 0.115. The molecule has 0 bridgehead atoms. The van der Waals surface area contributed by atoms with Crippen LogP contribution in [0.25, 0.3) is 22.3 Å². The number of carboxylic acids is 1. The number of nitrogens with one attached hydrogen (secondary N) is 2. The van der Waals surface area contributed by atoms with Crippen molar-refractivity contribution in [3.63, 3.8) is 0 Å². The molecule has 2 amide bonds. The quantitative estimate of drug-likeness (QED) is 0.212. The van der Waals surface area contributed by atoms with Gasteiger partial charge in [-0.15, -0.1) is 13.2 Å². The molecular formula is C29H27F3N4O4. The number of carbonyl (C=O) groups is 2. The summed E-state index contributed by atoms with van der Waals surface area (Å²) >= 11 is 0. The molecule has 4 aromatic rings. The fourth-order valence-electron chi connectivity index (χ4n) is 4.18. The third-order valence-corrected chi connectivity index (χ3v) is 6.03. The predicted molar refractivity (Wildman–Crippen MR) is 144 cm³/mol. The normalized spacial score (nSPS) is 11.2. The molecule has 0 aliphatic heterocycles. The number of anilines is 1. The van der Waals surface area contributed by atoms with Crippen LogP contribution in [0.2, 0.25) is 0 Å². The highest BCUT2D eigenvalue weighted by atomic mass is 19.4. The van der Waals surface area contributed by atoms with Crippen molar-refractivity contribution in [2.24, 2.45) is 7.05 Å². The van der Waals surface area contributed by atoms with Gasteiger partial charge in [-0.3, -0.25) is 9.48 Å². The molecule has 0 radical (unpaired) electrons. The lowest BCUT2D eigenvalue weighted by molar-refractivity contribution is -0.274. The Morgan fingerprint density at radius 1 is 0.975 bits per heavy atom. The number of benzene rings is 3. The molecule has 11 heteroatoms. The van der Waals surface area contributed by atoms with Crippen molar-refractivity contribution in [3.05, 3.63) is 90.3 Å². The topological polar surface area (TPSA) is 105 Å². The van der Waals surface area contributed by atoms with Crippen molar-refractivity contribution in [2.45, 2.75) is 32.2 Å². The maximum absolute atomic E-state index is 13.2. The van der Waals surface area contributed by atoms with E-state index in [0.717, 1.165) is 11.1 Å². The molecule has 0 saturated heterocycles. The Labute approximate surface area is 228 Å². The van der Waals surface area contributed by atoms with Crippen molar-refractivity contribution in [1.82, 2.24) is 15.1 Å². The van der Waals surface area contributed by atoms with Gasteiger partial charge in [0.25, 0.3) is 0 Å². The third-order valence-electron chi connectivity index (χ3n) is 6.03. The summed E-state index contributed by atoms with van der Waals surface area (Å²) in [6, 6.07) is 17.9. The highest BCUT2D eigenvalue weighted by molar-refractivity contribution is 5.91. The number of aliphatic carboxylic acids is 1. The van der Waals surface area contributed by atoms with Crippen molar-refractivity contribution < 1.29 is 32.6 Å². The Balaban J connectivity index is 1.43. The number of hydrogen-bond donors (Lipinski definition) is 3. The second-order valence-electron chi connectivity index (χ2n) is 9.08. The number of hydrogen-bond acceptors (Lipinski definition) is 4. The molecule has 0 atom stereocenters. The van der Waals surface area contributed by atoms with Crippen molar-refractivity contribution in [2.75, 3.05) is 5.32 Å². The Morgan fingerprint density at radius 3 is 2.30 bits per heavy atom. The summed E-state index contributed by atoms with van der Waals surface area (Å²) in [5, 5.41) is 18.3. The average molecular weight is 553 g/mol. The van der Waals surface area contributed by atoms with Crippen molar-refractivity contribution >= 4 is 17.7 Å². The number of aromatic nitrogens is 2. The number of aryl methyl sites for hydroxylation is 2. The molecule has 0 spiro atoms. The number of rotatable bonds is 10. The molecule has 3 N–H and O–H groups in total. The molecule has 0 saturated carbocycles. The van der Waals surface area contributed by atoms with Gasteiger partial charge in [-0.05, 0) is 53.3 Å². The summed E-state index contributed by atoms with van der Waals surface area (Å²) < 4.78 is 45.4. The maximum atomic E-state index is 13.2. The minimum Gasteiger partial charge on any atom is -0.481 e. The number of halogens is 3. The lowest BCUT2D eigenvalue weighted by Gasteiger charge is -2.17. The van der Waals surface area contributed by atoms with Crippen LogP contribution in [0.15, 0.2) is 79.1 Å². The fraction of sp³-hybridized carbons (Fsp3) is 0.207. The van der Waals surface area contributed by atoms with Gasteiger partial charge in [0.05, 0.1) is 6.20 Å². The summed E-state index contributed by atoms with van der Waals surface area (Å²) in [7, 11) is 1.71. The van der Waals surface area contributed by atoms with Gasteiger partial charge in [-0.2, -0.15) is 5.10 Å². The molecule has 3 aromatic carbocycles. The van der Waals surface area contributed by atoms with Gasteiger partial charge in [-0.1, -0.05) is 48.5 Å². The van der Waals surface area contributed by atoms with Gasteiger partial charge in [0, 0.05) is 43.0 Å². The molecule has 0 aliphatic carbocycles. The number of ether oxygens (including phenoxy) is 1. The number of carbonyl (C=O) groups excluding carboxylic acids is 1. The van der Waals surface area contributed by atoms with E-state index in [0.29, 0.717) is 35.2 Å². The van der Waals surface area contributed by atoms with Crippen molar-refractivity contribution in [1.29, 1.82) is 0 Å². The third kappa shape index (κ3) is 7.85. The summed E-state index contributed by atoms with van der Waals surface area (Å²) in [5.41, 5.74) is 4.19. The summed E-state index contributed by atoms with van der Waals surface area (Å²) in [5.74, 6) is -1.17. The molecule has 4 rings (SSSR count). The zero-order valence-corrected chi connectivity index (χ0v) is 21.5. The number of carboxylic acid groups (broad SMARTS) is 1. The Bertz CT molecular complexity index is 1470. The molecule has 0 aliphatic rings. The highest BCUT2D eigenvalue weighted by Crippen LogP contribution is 2.41. The van der Waals surface area contributed by atoms with Crippen LogP contribution < -0.4 is 15.4 Å². The van der Waals surface area contributed by atoms with Crippen LogP contribution in [-0.4, -0.2) is 33.2 Å². The molecule has 40 heavy (non-hydrogen) atoms. The second kappa shape index (κ2) is 12.4. The number of nitrogens with zero attached hydrogens (tertiary/aromatic N) is 2. The first-order valence-corrected chi connectivity index (χ1v) is 12.4. The molecule has 0 unspecified atom stereocenters. The first kappa shape index (κ1) is 28.2. The van der Waals surface area contributed by atoms with Gasteiger partial charge in [0.2, 0.25) is 0 Å². The first-order chi connectivity index (χ1) is 19.1. The van der Waals surface area contributed by atoms with E-state index in [2.05, 4.69) is 20.5 Å². The van der Waals surface area contributed by atoms with Gasteiger partial charge in [0.1, 0.15) is 5.75 Å². The summed E-state index contributed by atoms with van der Waals surface area (Å²) in [6.07, 6.45) is -0.285. The second-order valence-corrected chi connectivity index (χ2v) is 9.08. The van der Waals surface area contributed by atoms with Crippen LogP contribution in [-0.2, 0) is 24.8 Å². The van der Waals surface area contributed by atoms with Crippen LogP contribution in [0.5, 0.6) is 5.75 Å². The highest BCUT2D eigenvalue weighted by Gasteiger charge is 2.33. The molecule has 8 nitrogen and oxygen atoms in total. The van der Waals surface area contributed by atoms with E-state index in [9.17, 15) is 22.8 Å². The van der Waals surface area contributed by atoms with Crippen LogP contribution in [0.1, 0.15) is 24.0 Å². The maximum Gasteiger partial charge on any atom is 0.573 e. The van der Waals surface area contributed by atoms with Gasteiger partial charge in [-0.25, -0.2) is 4.79 Å². The number of alkyl halides is 3.